The summed E-state index contributed by atoms with van der Waals surface area (Å²) in [6.07, 6.45) is -1.82. The Balaban J connectivity index is 1.06. The van der Waals surface area contributed by atoms with Crippen molar-refractivity contribution in [1.82, 2.24) is 24.8 Å². The van der Waals surface area contributed by atoms with Crippen LogP contribution in [-0.2, 0) is 9.53 Å². The van der Waals surface area contributed by atoms with Crippen molar-refractivity contribution < 1.29 is 23.8 Å². The number of alkyl halides is 1. The second kappa shape index (κ2) is 13.9. The lowest BCUT2D eigenvalue weighted by Gasteiger charge is -2.43. The Morgan fingerprint density at radius 1 is 1.11 bits per heavy atom. The third-order valence-electron chi connectivity index (χ3n) is 8.83. The first-order valence-corrected chi connectivity index (χ1v) is 15.7. The molecular weight excluding hydrogens is 591 g/mol. The van der Waals surface area contributed by atoms with E-state index in [1.165, 1.54) is 16.9 Å². The fourth-order valence-electron chi connectivity index (χ4n) is 5.87. The molecule has 3 fully saturated rings. The zero-order valence-electron chi connectivity index (χ0n) is 26.0. The number of nitriles is 1. The van der Waals surface area contributed by atoms with Gasteiger partial charge in [0, 0.05) is 56.1 Å². The van der Waals surface area contributed by atoms with Gasteiger partial charge in [-0.3, -0.25) is 9.69 Å². The van der Waals surface area contributed by atoms with Gasteiger partial charge in [0.1, 0.15) is 30.4 Å². The lowest BCUT2D eigenvalue weighted by molar-refractivity contribution is -0.146. The Labute approximate surface area is 267 Å². The Morgan fingerprint density at radius 2 is 1.87 bits per heavy atom. The zero-order valence-corrected chi connectivity index (χ0v) is 26.0. The number of aliphatic hydroxyl groups excluding tert-OH is 1. The van der Waals surface area contributed by atoms with Crippen LogP contribution in [0.15, 0.2) is 48.8 Å². The summed E-state index contributed by atoms with van der Waals surface area (Å²) in [5.41, 5.74) is 2.80. The first-order valence-electron chi connectivity index (χ1n) is 15.7. The molecule has 1 aromatic heterocycles. The van der Waals surface area contributed by atoms with Gasteiger partial charge in [-0.25, -0.2) is 14.4 Å². The van der Waals surface area contributed by atoms with E-state index in [2.05, 4.69) is 48.3 Å². The fourth-order valence-corrected chi connectivity index (χ4v) is 5.87. The van der Waals surface area contributed by atoms with Crippen molar-refractivity contribution in [3.05, 3.63) is 54.4 Å². The third-order valence-corrected chi connectivity index (χ3v) is 8.83. The van der Waals surface area contributed by atoms with Crippen LogP contribution in [0.25, 0.3) is 11.4 Å². The van der Waals surface area contributed by atoms with Crippen molar-refractivity contribution in [2.75, 3.05) is 62.7 Å². The van der Waals surface area contributed by atoms with Crippen molar-refractivity contribution >= 4 is 23.2 Å². The summed E-state index contributed by atoms with van der Waals surface area (Å²) in [5, 5.41) is 23.2. The number of benzene rings is 2. The fraction of sp³-hybridized carbons (Fsp3) is 0.485. The van der Waals surface area contributed by atoms with Crippen LogP contribution < -0.4 is 15.0 Å². The number of aromatic nitrogens is 3. The molecule has 3 aliphatic heterocycles. The average molecular weight is 631 g/mol. The van der Waals surface area contributed by atoms with Crippen LogP contribution in [0.5, 0.6) is 5.75 Å². The second-order valence-electron chi connectivity index (χ2n) is 12.3. The number of nitrogens with one attached hydrogen (secondary N) is 1. The van der Waals surface area contributed by atoms with E-state index in [-0.39, 0.29) is 36.7 Å². The van der Waals surface area contributed by atoms with E-state index in [0.29, 0.717) is 23.4 Å². The molecule has 2 aromatic carbocycles. The second-order valence-corrected chi connectivity index (χ2v) is 12.3. The summed E-state index contributed by atoms with van der Waals surface area (Å²) in [7, 11) is 0. The Hall–Kier alpha value is -4.38. The number of piperidine rings is 1. The molecule has 2 N–H and O–H groups in total. The summed E-state index contributed by atoms with van der Waals surface area (Å²) in [5.74, 6) is 0.226. The molecule has 0 saturated carbocycles. The Bertz CT molecular complexity index is 1560. The molecule has 3 aromatic rings. The van der Waals surface area contributed by atoms with Crippen molar-refractivity contribution in [3.8, 4) is 23.2 Å². The van der Waals surface area contributed by atoms with Gasteiger partial charge in [0.2, 0.25) is 5.95 Å². The Kier molecular flexibility index (Phi) is 9.58. The highest BCUT2D eigenvalue weighted by atomic mass is 19.1. The highest BCUT2D eigenvalue weighted by molar-refractivity contribution is 5.81. The number of ether oxygens (including phenoxy) is 2. The number of nitrogens with zero attached hydrogens (tertiary/aromatic N) is 7. The van der Waals surface area contributed by atoms with Crippen LogP contribution in [0.3, 0.4) is 0 Å². The third kappa shape index (κ3) is 7.04. The maximum Gasteiger partial charge on any atom is 0.251 e. The van der Waals surface area contributed by atoms with Gasteiger partial charge in [0.15, 0.2) is 12.0 Å². The molecule has 0 radical (unpaired) electrons. The average Bonchev–Trinajstić information content (AvgIpc) is 3.05. The molecule has 3 saturated heterocycles. The SMILES string of the molecule is CC(C)[C@@H](O)C(=O)N1CC[C@H](Oc2ccc(-c3ncnc(Nc4ccc(N5CCN(C6COC6)CC5)cc4)n3)cc2C#N)[C@@H](F)C1. The summed E-state index contributed by atoms with van der Waals surface area (Å²) >= 11 is 0. The largest absolute Gasteiger partial charge is 0.486 e. The number of aliphatic hydroxyl groups is 1. The molecule has 6 rings (SSSR count). The number of piperazine rings is 1. The van der Waals surface area contributed by atoms with Crippen LogP contribution in [0.1, 0.15) is 25.8 Å². The highest BCUT2D eigenvalue weighted by Crippen LogP contribution is 2.29. The van der Waals surface area contributed by atoms with Crippen molar-refractivity contribution in [3.63, 3.8) is 0 Å². The van der Waals surface area contributed by atoms with Gasteiger partial charge in [-0.2, -0.15) is 10.2 Å². The van der Waals surface area contributed by atoms with Gasteiger partial charge in [-0.1, -0.05) is 13.8 Å². The van der Waals surface area contributed by atoms with Gasteiger partial charge >= 0.3 is 0 Å². The predicted octanol–water partition coefficient (Wildman–Crippen LogP) is 3.01. The number of carbonyl (C=O) groups excluding carboxylic acids is 1. The Morgan fingerprint density at radius 3 is 2.52 bits per heavy atom. The quantitative estimate of drug-likeness (QED) is 0.361. The van der Waals surface area contributed by atoms with Gasteiger partial charge in [-0.05, 0) is 48.4 Å². The van der Waals surface area contributed by atoms with Crippen molar-refractivity contribution in [1.29, 1.82) is 5.26 Å². The summed E-state index contributed by atoms with van der Waals surface area (Å²) in [6.45, 7) is 9.26. The van der Waals surface area contributed by atoms with Crippen LogP contribution in [0.4, 0.5) is 21.7 Å². The number of carbonyl (C=O) groups is 1. The van der Waals surface area contributed by atoms with E-state index in [4.69, 9.17) is 9.47 Å². The minimum absolute atomic E-state index is 0.176. The number of amides is 1. The molecule has 0 aliphatic carbocycles. The number of rotatable bonds is 9. The molecule has 1 amide bonds. The zero-order chi connectivity index (χ0) is 32.2. The van der Waals surface area contributed by atoms with E-state index < -0.39 is 24.3 Å². The molecule has 0 spiro atoms. The highest BCUT2D eigenvalue weighted by Gasteiger charge is 2.36. The van der Waals surface area contributed by atoms with Crippen molar-refractivity contribution in [2.45, 2.75) is 44.7 Å². The maximum atomic E-state index is 15.1. The topological polar surface area (TPSA) is 140 Å². The van der Waals surface area contributed by atoms with Crippen molar-refractivity contribution in [2.24, 2.45) is 5.92 Å². The molecule has 242 valence electrons. The van der Waals surface area contributed by atoms with E-state index in [1.54, 1.807) is 32.0 Å². The minimum atomic E-state index is -1.47. The molecule has 0 bridgehead atoms. The lowest BCUT2D eigenvalue weighted by atomic mass is 10.0. The molecule has 12 nitrogen and oxygen atoms in total. The van der Waals surface area contributed by atoms with Gasteiger partial charge < -0.3 is 29.7 Å². The van der Waals surface area contributed by atoms with Gasteiger partial charge in [-0.15, -0.1) is 0 Å². The summed E-state index contributed by atoms with van der Waals surface area (Å²) in [4.78, 5) is 31.8. The van der Waals surface area contributed by atoms with E-state index in [0.717, 1.165) is 45.1 Å². The number of likely N-dealkylation sites (tertiary alicyclic amines) is 1. The monoisotopic (exact) mass is 630 g/mol. The molecule has 13 heteroatoms. The smallest absolute Gasteiger partial charge is 0.251 e. The first-order chi connectivity index (χ1) is 22.3. The van der Waals surface area contributed by atoms with Gasteiger partial charge in [0.25, 0.3) is 5.91 Å². The molecule has 3 aliphatic rings. The number of anilines is 3. The van der Waals surface area contributed by atoms with Gasteiger partial charge in [0.05, 0.1) is 31.4 Å². The number of hydrogen-bond donors (Lipinski definition) is 2. The molecule has 46 heavy (non-hydrogen) atoms. The number of halogens is 1. The summed E-state index contributed by atoms with van der Waals surface area (Å²) < 4.78 is 26.3. The standard InChI is InChI=1S/C33H39FN8O4/c1-21(2)30(43)32(44)42-10-9-29(27(34)17-42)46-28-8-3-22(15-23(28)16-35)31-36-20-37-33(39-31)38-24-4-6-25(7-5-24)40-11-13-41(14-12-40)26-18-45-19-26/h3-8,15,20-21,26-27,29-30,43H,9-14,17-19H2,1-2H3,(H,36,37,38,39)/t27-,29-,30+/m0/s1. The molecule has 4 heterocycles. The van der Waals surface area contributed by atoms with E-state index in [9.17, 15) is 15.2 Å². The minimum Gasteiger partial charge on any atom is -0.486 e. The summed E-state index contributed by atoms with van der Waals surface area (Å²) in [6, 6.07) is 15.8. The van der Waals surface area contributed by atoms with Crippen LogP contribution in [0.2, 0.25) is 0 Å². The van der Waals surface area contributed by atoms with Crippen LogP contribution in [0, 0.1) is 17.2 Å². The molecule has 0 unspecified atom stereocenters. The first kappa shape index (κ1) is 31.6. The van der Waals surface area contributed by atoms with Crippen LogP contribution >= 0.6 is 0 Å². The van der Waals surface area contributed by atoms with E-state index in [1.807, 2.05) is 12.1 Å². The molecule has 3 atom stereocenters. The lowest BCUT2D eigenvalue weighted by Crippen LogP contribution is -2.56. The normalized spacial score (nSPS) is 21.4. The predicted molar refractivity (Wildman–Crippen MR) is 169 cm³/mol. The molecular formula is C33H39FN8O4. The maximum absolute atomic E-state index is 15.1. The number of hydrogen-bond acceptors (Lipinski definition) is 11. The van der Waals surface area contributed by atoms with E-state index >= 15 is 4.39 Å². The van der Waals surface area contributed by atoms with Crippen LogP contribution in [-0.4, -0.2) is 113 Å².